The minimum Gasteiger partial charge on any atom is -0.268 e. The van der Waals surface area contributed by atoms with Crippen LogP contribution in [0.3, 0.4) is 0 Å². The van der Waals surface area contributed by atoms with Crippen molar-refractivity contribution < 1.29 is 71.9 Å². The van der Waals surface area contributed by atoms with Crippen LogP contribution >= 0.6 is 0 Å². The topological polar surface area (TPSA) is 74.8 Å². The van der Waals surface area contributed by atoms with Crippen molar-refractivity contribution in [1.29, 1.82) is 0 Å². The quantitative estimate of drug-likeness (QED) is 0.0754. The minimum absolute atomic E-state index is 0.0596. The molecule has 6 nitrogen and oxygen atoms in total. The molecule has 2 aliphatic heterocycles. The lowest BCUT2D eigenvalue weighted by atomic mass is 9.82. The molecular weight excluding hydrogens is 800 g/mol. The van der Waals surface area contributed by atoms with E-state index in [-0.39, 0.29) is 57.3 Å². The molecule has 0 radical (unpaired) electrons. The van der Waals surface area contributed by atoms with Crippen molar-refractivity contribution in [2.45, 2.75) is 24.7 Å². The van der Waals surface area contributed by atoms with E-state index in [9.17, 15) is 71.9 Å². The second kappa shape index (κ2) is 11.4. The highest BCUT2D eigenvalue weighted by Gasteiger charge is 2.46. The van der Waals surface area contributed by atoms with E-state index in [0.29, 0.717) is 54.2 Å². The largest absolute Gasteiger partial charge is 0.417 e. The van der Waals surface area contributed by atoms with Crippen molar-refractivity contribution in [3.63, 3.8) is 0 Å². The summed E-state index contributed by atoms with van der Waals surface area (Å²) >= 11 is 0. The summed E-state index contributed by atoms with van der Waals surface area (Å²) in [5, 5.41) is 2.15. The summed E-state index contributed by atoms with van der Waals surface area (Å²) in [6.45, 7) is 0. The first-order chi connectivity index (χ1) is 27.0. The number of nitrogens with zero attached hydrogens (tertiary/aromatic N) is 2. The van der Waals surface area contributed by atoms with Crippen LogP contribution in [-0.4, -0.2) is 23.6 Å². The number of rotatable bonds is 2. The molecule has 7 aromatic rings. The fourth-order valence-corrected chi connectivity index (χ4v) is 8.04. The number of imide groups is 2. The highest BCUT2D eigenvalue weighted by atomic mass is 19.4. The van der Waals surface area contributed by atoms with Crippen LogP contribution in [0, 0.1) is 0 Å². The molecule has 7 aromatic carbocycles. The van der Waals surface area contributed by atoms with E-state index in [4.69, 9.17) is 0 Å². The molecule has 0 aromatic heterocycles. The summed E-state index contributed by atoms with van der Waals surface area (Å²) in [7, 11) is 0. The number of halogens is 12. The number of hydrogen-bond donors (Lipinski definition) is 0. The number of alkyl halides is 12. The van der Waals surface area contributed by atoms with Gasteiger partial charge >= 0.3 is 24.7 Å². The van der Waals surface area contributed by atoms with E-state index in [1.807, 2.05) is 0 Å². The van der Waals surface area contributed by atoms with Gasteiger partial charge in [0.05, 0.1) is 33.6 Å². The first kappa shape index (κ1) is 36.9. The van der Waals surface area contributed by atoms with Crippen LogP contribution in [0.5, 0.6) is 0 Å². The molecular formula is C40H14F12N2O4. The molecule has 9 rings (SSSR count). The van der Waals surface area contributed by atoms with Crippen molar-refractivity contribution in [3.8, 4) is 0 Å². The van der Waals surface area contributed by atoms with Crippen LogP contribution in [0.25, 0.3) is 43.1 Å². The zero-order valence-electron chi connectivity index (χ0n) is 28.1. The maximum Gasteiger partial charge on any atom is 0.417 e. The summed E-state index contributed by atoms with van der Waals surface area (Å²) in [6.07, 6.45) is -21.8. The smallest absolute Gasteiger partial charge is 0.268 e. The number of hydrogen-bond acceptors (Lipinski definition) is 4. The fourth-order valence-electron chi connectivity index (χ4n) is 8.04. The number of carbonyl (C=O) groups is 4. The molecule has 0 bridgehead atoms. The molecule has 0 fully saturated rings. The molecule has 0 spiro atoms. The summed E-state index contributed by atoms with van der Waals surface area (Å²) in [5.74, 6) is -4.56. The Morgan fingerprint density at radius 3 is 0.810 bits per heavy atom. The Hall–Kier alpha value is -6.72. The Morgan fingerprint density at radius 2 is 0.569 bits per heavy atom. The van der Waals surface area contributed by atoms with Gasteiger partial charge in [-0.05, 0) is 93.0 Å². The van der Waals surface area contributed by atoms with E-state index >= 15 is 0 Å². The molecule has 0 saturated carbocycles. The van der Waals surface area contributed by atoms with E-state index in [1.165, 1.54) is 48.5 Å². The van der Waals surface area contributed by atoms with E-state index < -0.39 is 82.0 Å². The van der Waals surface area contributed by atoms with E-state index in [2.05, 4.69) is 0 Å². The molecule has 0 unspecified atom stereocenters. The zero-order chi connectivity index (χ0) is 41.8. The number of carbonyl (C=O) groups excluding carboxylic acids is 4. The van der Waals surface area contributed by atoms with Crippen molar-refractivity contribution >= 4 is 78.1 Å². The van der Waals surface area contributed by atoms with Crippen molar-refractivity contribution in [2.75, 3.05) is 9.80 Å². The van der Waals surface area contributed by atoms with Crippen LogP contribution in [0.15, 0.2) is 84.9 Å². The molecule has 18 heteroatoms. The Kier molecular flexibility index (Phi) is 7.28. The third-order valence-corrected chi connectivity index (χ3v) is 10.4. The molecule has 4 amide bonds. The maximum atomic E-state index is 13.9. The van der Waals surface area contributed by atoms with Crippen molar-refractivity contribution in [1.82, 2.24) is 0 Å². The SMILES string of the molecule is O=C1c2ccc3c4ccc5c6c(ccc(c7ccc(c2c37)C(=O)N1c1ccc(C(F)(F)F)c(C(F)(F)F)c1)c64)C(=O)N(c1ccc(C(F)(F)F)c(C(F)(F)F)c1)C5=O. The van der Waals surface area contributed by atoms with Gasteiger partial charge in [0.25, 0.3) is 23.6 Å². The number of amides is 4. The van der Waals surface area contributed by atoms with Crippen LogP contribution in [0.1, 0.15) is 63.7 Å². The van der Waals surface area contributed by atoms with Gasteiger partial charge in [-0.2, -0.15) is 52.7 Å². The Labute approximate surface area is 313 Å². The highest BCUT2D eigenvalue weighted by Crippen LogP contribution is 2.49. The summed E-state index contributed by atoms with van der Waals surface area (Å²) < 4.78 is 164. The number of anilines is 2. The fraction of sp³-hybridized carbons (Fsp3) is 0.100. The first-order valence-electron chi connectivity index (χ1n) is 16.5. The molecule has 2 heterocycles. The van der Waals surface area contributed by atoms with Gasteiger partial charge in [0, 0.05) is 33.0 Å². The third kappa shape index (κ3) is 5.02. The molecule has 292 valence electrons. The molecule has 0 N–H and O–H groups in total. The highest BCUT2D eigenvalue weighted by molar-refractivity contribution is 6.45. The van der Waals surface area contributed by atoms with E-state index in [1.54, 1.807) is 0 Å². The first-order valence-corrected chi connectivity index (χ1v) is 16.5. The second-order valence-corrected chi connectivity index (χ2v) is 13.5. The lowest BCUT2D eigenvalue weighted by molar-refractivity contribution is -0.162. The Balaban J connectivity index is 1.21. The summed E-state index contributed by atoms with van der Waals surface area (Å²) in [4.78, 5) is 56.4. The lowest BCUT2D eigenvalue weighted by Gasteiger charge is -2.30. The standard InChI is InChI=1S/C40H14F12N2O4/c41-37(42,43)25-11-1-15(13-27(25)39(47,48)49)53-33(55)21-7-3-17-19-5-9-23-32-24(10-6-20(30(19)32)18-4-8-22(34(53)56)31(21)29(17)18)36(58)54(35(23)57)16-2-12-26(38(44,45)46)28(14-16)40(50,51)52/h1-14H. The predicted octanol–water partition coefficient (Wildman–Crippen LogP) is 11.4. The van der Waals surface area contributed by atoms with Crippen molar-refractivity contribution in [2.24, 2.45) is 0 Å². The van der Waals surface area contributed by atoms with Gasteiger partial charge < -0.3 is 0 Å². The lowest BCUT2D eigenvalue weighted by Crippen LogP contribution is -2.41. The Morgan fingerprint density at radius 1 is 0.310 bits per heavy atom. The van der Waals surface area contributed by atoms with Crippen LogP contribution < -0.4 is 9.80 Å². The zero-order valence-corrected chi connectivity index (χ0v) is 28.1. The summed E-state index contributed by atoms with van der Waals surface area (Å²) in [6, 6.07) is 12.3. The van der Waals surface area contributed by atoms with Gasteiger partial charge in [-0.15, -0.1) is 0 Å². The van der Waals surface area contributed by atoms with Crippen LogP contribution in [0.2, 0.25) is 0 Å². The van der Waals surface area contributed by atoms with Gasteiger partial charge in [0.2, 0.25) is 0 Å². The van der Waals surface area contributed by atoms with Gasteiger partial charge in [-0.25, -0.2) is 9.80 Å². The minimum atomic E-state index is -5.51. The maximum absolute atomic E-state index is 13.9. The average molecular weight is 815 g/mol. The molecule has 58 heavy (non-hydrogen) atoms. The Bertz CT molecular complexity index is 2730. The van der Waals surface area contributed by atoms with Gasteiger partial charge in [-0.1, -0.05) is 24.3 Å². The average Bonchev–Trinajstić information content (AvgIpc) is 3.14. The molecule has 0 aliphatic carbocycles. The second-order valence-electron chi connectivity index (χ2n) is 13.5. The number of fused-ring (bicyclic) bond motifs is 2. The monoisotopic (exact) mass is 814 g/mol. The predicted molar refractivity (Wildman–Crippen MR) is 183 cm³/mol. The van der Waals surface area contributed by atoms with Crippen LogP contribution in [0.4, 0.5) is 64.1 Å². The van der Waals surface area contributed by atoms with Crippen LogP contribution in [-0.2, 0) is 24.7 Å². The van der Waals surface area contributed by atoms with Gasteiger partial charge in [0.15, 0.2) is 0 Å². The third-order valence-electron chi connectivity index (χ3n) is 10.4. The summed E-state index contributed by atoms with van der Waals surface area (Å²) in [5.41, 5.74) is -10.6. The van der Waals surface area contributed by atoms with Gasteiger partial charge in [0.1, 0.15) is 0 Å². The van der Waals surface area contributed by atoms with Crippen molar-refractivity contribution in [3.05, 3.63) is 129 Å². The molecule has 0 saturated heterocycles. The molecule has 0 atom stereocenters. The van der Waals surface area contributed by atoms with Gasteiger partial charge in [-0.3, -0.25) is 19.2 Å². The normalized spacial score (nSPS) is 15.3. The van der Waals surface area contributed by atoms with E-state index in [0.717, 1.165) is 0 Å². The number of benzene rings is 7. The molecule has 2 aliphatic rings.